The summed E-state index contributed by atoms with van der Waals surface area (Å²) in [7, 11) is 0.333. The quantitative estimate of drug-likeness (QED) is 0.609. The molecule has 4 rings (SSSR count). The summed E-state index contributed by atoms with van der Waals surface area (Å²) in [6.07, 6.45) is 0.997. The van der Waals surface area contributed by atoms with Crippen molar-refractivity contribution in [1.82, 2.24) is 14.8 Å². The molecule has 148 valence electrons. The van der Waals surface area contributed by atoms with E-state index in [1.54, 1.807) is 26.1 Å². The van der Waals surface area contributed by atoms with E-state index in [1.807, 2.05) is 0 Å². The van der Waals surface area contributed by atoms with Crippen LogP contribution in [-0.2, 0) is 29.4 Å². The Hall–Kier alpha value is -3.25. The summed E-state index contributed by atoms with van der Waals surface area (Å²) in [5.41, 5.74) is 9.34. The SMILES string of the molecule is CC1Oc2cc(cnc2N)-c2c(nn(C)c2C#N)CS(=O)Cc2ccc(F)cc21. The van der Waals surface area contributed by atoms with Gasteiger partial charge in [0.25, 0.3) is 0 Å². The molecule has 0 fully saturated rings. The molecule has 0 saturated carbocycles. The van der Waals surface area contributed by atoms with E-state index >= 15 is 0 Å². The van der Waals surface area contributed by atoms with Crippen molar-refractivity contribution in [1.29, 1.82) is 5.26 Å². The van der Waals surface area contributed by atoms with Gasteiger partial charge in [0.05, 0.1) is 11.4 Å². The minimum atomic E-state index is -1.33. The Bertz CT molecular complexity index is 1180. The predicted molar refractivity (Wildman–Crippen MR) is 107 cm³/mol. The molecule has 0 amide bonds. The number of pyridine rings is 1. The molecule has 2 N–H and O–H groups in total. The molecule has 3 heterocycles. The summed E-state index contributed by atoms with van der Waals surface area (Å²) in [6.45, 7) is 1.77. The van der Waals surface area contributed by atoms with Gasteiger partial charge < -0.3 is 10.5 Å². The number of rotatable bonds is 0. The average Bonchev–Trinajstić information content (AvgIpc) is 2.98. The van der Waals surface area contributed by atoms with Crippen LogP contribution in [0.15, 0.2) is 30.5 Å². The Balaban J connectivity index is 1.94. The molecule has 0 spiro atoms. The molecular formula is C20H18FN5O2S. The fourth-order valence-electron chi connectivity index (χ4n) is 3.51. The number of nitriles is 1. The summed E-state index contributed by atoms with van der Waals surface area (Å²) in [6, 6.07) is 8.17. The first-order chi connectivity index (χ1) is 13.9. The van der Waals surface area contributed by atoms with Crippen molar-refractivity contribution >= 4 is 16.6 Å². The van der Waals surface area contributed by atoms with Crippen molar-refractivity contribution in [3.05, 3.63) is 58.8 Å². The van der Waals surface area contributed by atoms with E-state index in [0.717, 1.165) is 5.56 Å². The largest absolute Gasteiger partial charge is 0.482 e. The maximum absolute atomic E-state index is 13.9. The standard InChI is InChI=1S/C20H18FN5O2S/c1-11-15-6-14(21)4-3-12(15)9-29(27)10-16-19(17(7-22)26(2)25-16)13-5-18(28-11)20(23)24-8-13/h3-6,8,11H,9-10H2,1-2H3,(H2,23,24). The second-order valence-corrected chi connectivity index (χ2v) is 8.30. The van der Waals surface area contributed by atoms with E-state index in [2.05, 4.69) is 16.2 Å². The van der Waals surface area contributed by atoms with Gasteiger partial charge in [-0.3, -0.25) is 8.89 Å². The summed E-state index contributed by atoms with van der Waals surface area (Å²) < 4.78 is 34.3. The second-order valence-electron chi connectivity index (χ2n) is 6.84. The fraction of sp³-hybridized carbons (Fsp3) is 0.250. The van der Waals surface area contributed by atoms with Gasteiger partial charge in [-0.25, -0.2) is 9.37 Å². The van der Waals surface area contributed by atoms with E-state index in [0.29, 0.717) is 33.8 Å². The highest BCUT2D eigenvalue weighted by atomic mass is 32.2. The second kappa shape index (κ2) is 7.29. The molecule has 2 atom stereocenters. The van der Waals surface area contributed by atoms with Crippen LogP contribution >= 0.6 is 0 Å². The Morgan fingerprint density at radius 3 is 2.93 bits per heavy atom. The van der Waals surface area contributed by atoms with Gasteiger partial charge in [-0.05, 0) is 36.2 Å². The zero-order valence-electron chi connectivity index (χ0n) is 15.8. The maximum Gasteiger partial charge on any atom is 0.166 e. The number of halogens is 1. The van der Waals surface area contributed by atoms with Crippen molar-refractivity contribution in [2.45, 2.75) is 24.5 Å². The number of hydrogen-bond donors (Lipinski definition) is 1. The first-order valence-electron chi connectivity index (χ1n) is 8.89. The average molecular weight is 411 g/mol. The van der Waals surface area contributed by atoms with Crippen LogP contribution in [0.5, 0.6) is 5.75 Å². The van der Waals surface area contributed by atoms with Crippen LogP contribution in [0.3, 0.4) is 0 Å². The minimum Gasteiger partial charge on any atom is -0.482 e. The first kappa shape index (κ1) is 19.1. The van der Waals surface area contributed by atoms with Gasteiger partial charge in [0.15, 0.2) is 11.6 Å². The van der Waals surface area contributed by atoms with E-state index in [4.69, 9.17) is 10.5 Å². The van der Waals surface area contributed by atoms with Crippen LogP contribution in [0.25, 0.3) is 11.1 Å². The highest BCUT2D eigenvalue weighted by Crippen LogP contribution is 2.35. The van der Waals surface area contributed by atoms with Gasteiger partial charge in [0.1, 0.15) is 23.7 Å². The van der Waals surface area contributed by atoms with Gasteiger partial charge in [0.2, 0.25) is 0 Å². The van der Waals surface area contributed by atoms with Gasteiger partial charge >= 0.3 is 0 Å². The summed E-state index contributed by atoms with van der Waals surface area (Å²) in [5.74, 6) is 0.468. The van der Waals surface area contributed by atoms with Gasteiger partial charge in [0, 0.05) is 40.9 Å². The Morgan fingerprint density at radius 2 is 2.17 bits per heavy atom. The number of nitrogens with zero attached hydrogens (tertiary/aromatic N) is 4. The van der Waals surface area contributed by atoms with Crippen LogP contribution in [0, 0.1) is 17.1 Å². The van der Waals surface area contributed by atoms with Crippen LogP contribution in [-0.4, -0.2) is 19.0 Å². The molecule has 3 aromatic rings. The molecule has 2 unspecified atom stereocenters. The van der Waals surface area contributed by atoms with Crippen LogP contribution in [0.2, 0.25) is 0 Å². The van der Waals surface area contributed by atoms with Crippen molar-refractivity contribution in [2.75, 3.05) is 5.73 Å². The number of fused-ring (bicyclic) bond motifs is 5. The minimum absolute atomic E-state index is 0.149. The highest BCUT2D eigenvalue weighted by molar-refractivity contribution is 7.83. The number of nitrogens with two attached hydrogens (primary N) is 1. The summed E-state index contributed by atoms with van der Waals surface area (Å²) in [4.78, 5) is 4.20. The molecule has 0 aliphatic carbocycles. The van der Waals surface area contributed by atoms with Crippen LogP contribution < -0.4 is 10.5 Å². The first-order valence-corrected chi connectivity index (χ1v) is 10.4. The lowest BCUT2D eigenvalue weighted by Crippen LogP contribution is -2.12. The van der Waals surface area contributed by atoms with Gasteiger partial charge in [-0.1, -0.05) is 6.07 Å². The molecular weight excluding hydrogens is 393 g/mol. The molecule has 1 aromatic carbocycles. The number of benzene rings is 1. The van der Waals surface area contributed by atoms with Crippen LogP contribution in [0.1, 0.15) is 35.5 Å². The molecule has 2 aromatic heterocycles. The molecule has 0 saturated heterocycles. The third-order valence-corrected chi connectivity index (χ3v) is 6.09. The van der Waals surface area contributed by atoms with Crippen molar-refractivity contribution < 1.29 is 13.3 Å². The number of nitrogen functional groups attached to an aromatic ring is 1. The normalized spacial score (nSPS) is 18.4. The number of ether oxygens (including phenoxy) is 1. The monoisotopic (exact) mass is 411 g/mol. The Kier molecular flexibility index (Phi) is 4.80. The number of aryl methyl sites for hydroxylation is 1. The fourth-order valence-corrected chi connectivity index (χ4v) is 4.72. The zero-order valence-corrected chi connectivity index (χ0v) is 16.7. The lowest BCUT2D eigenvalue weighted by molar-refractivity contribution is 0.226. The number of anilines is 1. The zero-order chi connectivity index (χ0) is 20.7. The lowest BCUT2D eigenvalue weighted by Gasteiger charge is -2.20. The summed E-state index contributed by atoms with van der Waals surface area (Å²) in [5, 5.41) is 14.0. The molecule has 1 aliphatic heterocycles. The third kappa shape index (κ3) is 3.47. The van der Waals surface area contributed by atoms with E-state index < -0.39 is 22.7 Å². The predicted octanol–water partition coefficient (Wildman–Crippen LogP) is 2.98. The van der Waals surface area contributed by atoms with E-state index in [9.17, 15) is 13.9 Å². The Labute approximate surface area is 169 Å². The topological polar surface area (TPSA) is 107 Å². The van der Waals surface area contributed by atoms with Crippen molar-refractivity contribution in [3.63, 3.8) is 0 Å². The lowest BCUT2D eigenvalue weighted by atomic mass is 10.0. The smallest absolute Gasteiger partial charge is 0.166 e. The molecule has 9 heteroatoms. The van der Waals surface area contributed by atoms with Gasteiger partial charge in [-0.2, -0.15) is 10.4 Å². The summed E-state index contributed by atoms with van der Waals surface area (Å²) >= 11 is 0. The van der Waals surface area contributed by atoms with Crippen molar-refractivity contribution in [3.8, 4) is 22.9 Å². The highest BCUT2D eigenvalue weighted by Gasteiger charge is 2.24. The molecule has 29 heavy (non-hydrogen) atoms. The molecule has 2 bridgehead atoms. The third-order valence-electron chi connectivity index (χ3n) is 4.86. The number of aromatic nitrogens is 3. The molecule has 7 nitrogen and oxygen atoms in total. The maximum atomic E-state index is 13.9. The van der Waals surface area contributed by atoms with E-state index in [-0.39, 0.29) is 17.3 Å². The van der Waals surface area contributed by atoms with Gasteiger partial charge in [-0.15, -0.1) is 0 Å². The molecule has 1 aliphatic rings. The van der Waals surface area contributed by atoms with Crippen molar-refractivity contribution in [2.24, 2.45) is 7.05 Å². The van der Waals surface area contributed by atoms with Crippen LogP contribution in [0.4, 0.5) is 10.2 Å². The van der Waals surface area contributed by atoms with E-state index in [1.165, 1.54) is 23.0 Å². The Morgan fingerprint density at radius 1 is 1.38 bits per heavy atom. The molecule has 0 radical (unpaired) electrons. The number of hydrogen-bond acceptors (Lipinski definition) is 6.